The lowest BCUT2D eigenvalue weighted by atomic mass is 10.1. The Morgan fingerprint density at radius 1 is 1.03 bits per heavy atom. The number of carbonyl (C=O) groups excluding carboxylic acids is 2. The zero-order valence-electron chi connectivity index (χ0n) is 20.7. The summed E-state index contributed by atoms with van der Waals surface area (Å²) < 4.78 is 9.52. The van der Waals surface area contributed by atoms with Gasteiger partial charge in [-0.25, -0.2) is 14.6 Å². The van der Waals surface area contributed by atoms with Gasteiger partial charge in [-0.1, -0.05) is 29.8 Å². The molecule has 0 spiro atoms. The molecule has 1 fully saturated rings. The van der Waals surface area contributed by atoms with Crippen LogP contribution in [0.5, 0.6) is 0 Å². The number of piperazine rings is 1. The van der Waals surface area contributed by atoms with Crippen LogP contribution in [-0.4, -0.2) is 72.1 Å². The van der Waals surface area contributed by atoms with Crippen LogP contribution >= 0.6 is 11.5 Å². The standard InChI is InChI=1S/C26H32N6O3S/c1-3-35-24(33)21-8-10-22(11-9-21)28-25(34)27-12-13-31-14-16-32(17-15-31)26-29-23(30-36-26)18-20-6-4-19(2)5-7-20/h4-11H,3,12-18H2,1-2H3,(H2,27,28,34). The molecule has 0 saturated carbocycles. The molecule has 0 aliphatic carbocycles. The van der Waals surface area contributed by atoms with Gasteiger partial charge in [-0.15, -0.1) is 0 Å². The highest BCUT2D eigenvalue weighted by atomic mass is 32.1. The van der Waals surface area contributed by atoms with Gasteiger partial charge < -0.3 is 20.3 Å². The van der Waals surface area contributed by atoms with E-state index < -0.39 is 0 Å². The lowest BCUT2D eigenvalue weighted by molar-refractivity contribution is 0.0526. The SMILES string of the molecule is CCOC(=O)c1ccc(NC(=O)NCCN2CCN(c3nc(Cc4ccc(C)cc4)ns3)CC2)cc1. The van der Waals surface area contributed by atoms with Crippen LogP contribution in [0.4, 0.5) is 15.6 Å². The van der Waals surface area contributed by atoms with Crippen molar-refractivity contribution >= 4 is 34.4 Å². The summed E-state index contributed by atoms with van der Waals surface area (Å²) in [6, 6.07) is 14.9. The summed E-state index contributed by atoms with van der Waals surface area (Å²) in [5.41, 5.74) is 3.55. The summed E-state index contributed by atoms with van der Waals surface area (Å²) in [5, 5.41) is 6.65. The van der Waals surface area contributed by atoms with Crippen molar-refractivity contribution in [3.8, 4) is 0 Å². The molecule has 190 valence electrons. The van der Waals surface area contributed by atoms with Crippen LogP contribution in [0.2, 0.25) is 0 Å². The highest BCUT2D eigenvalue weighted by Crippen LogP contribution is 2.20. The Bertz CT molecular complexity index is 1140. The fraction of sp³-hybridized carbons (Fsp3) is 0.385. The van der Waals surface area contributed by atoms with E-state index in [4.69, 9.17) is 9.72 Å². The Hall–Kier alpha value is -3.50. The fourth-order valence-electron chi connectivity index (χ4n) is 3.90. The molecule has 2 N–H and O–H groups in total. The minimum atomic E-state index is -0.373. The van der Waals surface area contributed by atoms with Crippen molar-refractivity contribution in [3.63, 3.8) is 0 Å². The summed E-state index contributed by atoms with van der Waals surface area (Å²) in [4.78, 5) is 33.3. The van der Waals surface area contributed by atoms with E-state index in [2.05, 4.69) is 56.0 Å². The lowest BCUT2D eigenvalue weighted by Gasteiger charge is -2.34. The molecular weight excluding hydrogens is 476 g/mol. The molecule has 3 aromatic rings. The number of nitrogens with zero attached hydrogens (tertiary/aromatic N) is 4. The highest BCUT2D eigenvalue weighted by Gasteiger charge is 2.20. The number of rotatable bonds is 9. The first-order valence-corrected chi connectivity index (χ1v) is 12.9. The Kier molecular flexibility index (Phi) is 8.85. The molecule has 4 rings (SSSR count). The maximum absolute atomic E-state index is 12.2. The van der Waals surface area contributed by atoms with Crippen molar-refractivity contribution in [2.45, 2.75) is 20.3 Å². The van der Waals surface area contributed by atoms with E-state index in [9.17, 15) is 9.59 Å². The fourth-order valence-corrected chi connectivity index (χ4v) is 4.64. The van der Waals surface area contributed by atoms with Crippen LogP contribution in [0.3, 0.4) is 0 Å². The van der Waals surface area contributed by atoms with E-state index in [-0.39, 0.29) is 12.0 Å². The number of esters is 1. The molecule has 0 bridgehead atoms. The third-order valence-corrected chi connectivity index (χ3v) is 6.77. The van der Waals surface area contributed by atoms with E-state index in [1.807, 2.05) is 0 Å². The van der Waals surface area contributed by atoms with Gasteiger partial charge in [0, 0.05) is 62.9 Å². The minimum absolute atomic E-state index is 0.271. The first kappa shape index (κ1) is 25.6. The van der Waals surface area contributed by atoms with Gasteiger partial charge in [-0.3, -0.25) is 4.90 Å². The van der Waals surface area contributed by atoms with Gasteiger partial charge in [-0.05, 0) is 43.7 Å². The number of hydrogen-bond donors (Lipinski definition) is 2. The summed E-state index contributed by atoms with van der Waals surface area (Å²) in [7, 11) is 0. The summed E-state index contributed by atoms with van der Waals surface area (Å²) in [5.74, 6) is 0.495. The third-order valence-electron chi connectivity index (χ3n) is 5.95. The van der Waals surface area contributed by atoms with Gasteiger partial charge >= 0.3 is 12.0 Å². The largest absolute Gasteiger partial charge is 0.462 e. The predicted octanol–water partition coefficient (Wildman–Crippen LogP) is 3.56. The number of nitrogens with one attached hydrogen (secondary N) is 2. The van der Waals surface area contributed by atoms with Gasteiger partial charge in [0.05, 0.1) is 12.2 Å². The molecule has 9 nitrogen and oxygen atoms in total. The average Bonchev–Trinajstić information content (AvgIpc) is 3.35. The zero-order valence-corrected chi connectivity index (χ0v) is 21.5. The van der Waals surface area contributed by atoms with Crippen molar-refractivity contribution in [1.82, 2.24) is 19.6 Å². The average molecular weight is 509 g/mol. The number of aryl methyl sites for hydroxylation is 1. The van der Waals surface area contributed by atoms with Crippen molar-refractivity contribution in [2.24, 2.45) is 0 Å². The maximum Gasteiger partial charge on any atom is 0.338 e. The van der Waals surface area contributed by atoms with Gasteiger partial charge in [0.15, 0.2) is 0 Å². The molecule has 1 aliphatic rings. The Morgan fingerprint density at radius 2 is 1.75 bits per heavy atom. The van der Waals surface area contributed by atoms with E-state index in [1.54, 1.807) is 31.2 Å². The van der Waals surface area contributed by atoms with Crippen LogP contribution < -0.4 is 15.5 Å². The number of urea groups is 1. The molecule has 2 aromatic carbocycles. The number of hydrogen-bond acceptors (Lipinski definition) is 8. The van der Waals surface area contributed by atoms with Crippen LogP contribution in [-0.2, 0) is 11.2 Å². The molecule has 0 atom stereocenters. The van der Waals surface area contributed by atoms with E-state index in [0.717, 1.165) is 50.1 Å². The van der Waals surface area contributed by atoms with Gasteiger partial charge in [0.1, 0.15) is 5.82 Å². The smallest absolute Gasteiger partial charge is 0.338 e. The van der Waals surface area contributed by atoms with Crippen molar-refractivity contribution < 1.29 is 14.3 Å². The molecule has 0 unspecified atom stereocenters. The molecule has 0 radical (unpaired) electrons. The van der Waals surface area contributed by atoms with Crippen molar-refractivity contribution in [1.29, 1.82) is 0 Å². The zero-order chi connectivity index (χ0) is 25.3. The summed E-state index contributed by atoms with van der Waals surface area (Å²) >= 11 is 1.46. The molecule has 10 heteroatoms. The van der Waals surface area contributed by atoms with Gasteiger partial charge in [0.25, 0.3) is 0 Å². The van der Waals surface area contributed by atoms with E-state index >= 15 is 0 Å². The number of ether oxygens (including phenoxy) is 1. The number of aromatic nitrogens is 2. The lowest BCUT2D eigenvalue weighted by Crippen LogP contribution is -2.48. The molecule has 1 aromatic heterocycles. The van der Waals surface area contributed by atoms with Crippen LogP contribution in [0.15, 0.2) is 48.5 Å². The predicted molar refractivity (Wildman–Crippen MR) is 142 cm³/mol. The second kappa shape index (κ2) is 12.5. The number of carbonyl (C=O) groups is 2. The molecule has 1 aliphatic heterocycles. The van der Waals surface area contributed by atoms with Crippen molar-refractivity contribution in [2.75, 3.05) is 56.1 Å². The third kappa shape index (κ3) is 7.25. The van der Waals surface area contributed by atoms with Gasteiger partial charge in [0.2, 0.25) is 5.13 Å². The summed E-state index contributed by atoms with van der Waals surface area (Å²) in [6.45, 7) is 9.09. The second-order valence-electron chi connectivity index (χ2n) is 8.66. The Balaban J connectivity index is 1.15. The molecule has 2 heterocycles. The van der Waals surface area contributed by atoms with E-state index in [1.165, 1.54) is 22.7 Å². The van der Waals surface area contributed by atoms with Crippen molar-refractivity contribution in [3.05, 3.63) is 71.0 Å². The summed E-state index contributed by atoms with van der Waals surface area (Å²) in [6.07, 6.45) is 0.750. The molecule has 36 heavy (non-hydrogen) atoms. The number of benzene rings is 2. The second-order valence-corrected chi connectivity index (χ2v) is 9.39. The molecule has 1 saturated heterocycles. The Morgan fingerprint density at radius 3 is 2.44 bits per heavy atom. The minimum Gasteiger partial charge on any atom is -0.462 e. The van der Waals surface area contributed by atoms with Crippen LogP contribution in [0.1, 0.15) is 34.2 Å². The van der Waals surface area contributed by atoms with Gasteiger partial charge in [-0.2, -0.15) is 4.37 Å². The molecular formula is C26H32N6O3S. The first-order valence-electron chi connectivity index (χ1n) is 12.2. The van der Waals surface area contributed by atoms with E-state index in [0.29, 0.717) is 24.4 Å². The molecule has 2 amide bonds. The Labute approximate surface area is 215 Å². The monoisotopic (exact) mass is 508 g/mol. The topological polar surface area (TPSA) is 99.7 Å². The number of amides is 2. The number of anilines is 2. The van der Waals surface area contributed by atoms with Crippen LogP contribution in [0.25, 0.3) is 0 Å². The highest BCUT2D eigenvalue weighted by molar-refractivity contribution is 7.09. The normalized spacial score (nSPS) is 13.9. The quantitative estimate of drug-likeness (QED) is 0.427. The van der Waals surface area contributed by atoms with Crippen LogP contribution in [0, 0.1) is 6.92 Å². The first-order chi connectivity index (χ1) is 17.5. The maximum atomic E-state index is 12.2.